The van der Waals surface area contributed by atoms with Gasteiger partial charge in [0, 0.05) is 59.4 Å². The van der Waals surface area contributed by atoms with Crippen LogP contribution in [0.2, 0.25) is 0 Å². The standard InChI is InChI=1S/C37H40F2N4O5/c1-37(2,3)48-35(45)42-33-25(26-18-22-11-5-7-16-29(22)41-34(26)44)19-30(24-13-6-4-10-21-12-9-17-40-32(21)24)43(36(46)47)20-27(33)23-14-8-15-28(38)31(23)39/h5,7-9,11-12,14-18,24-25,27,30,33H,4,6,10,13,19-20H2,1-3H3,(H,41,44)(H,42,45)(H,46,47). The highest BCUT2D eigenvalue weighted by atomic mass is 19.2. The first-order chi connectivity index (χ1) is 22.9. The van der Waals surface area contributed by atoms with Crippen molar-refractivity contribution in [1.82, 2.24) is 20.2 Å². The molecule has 11 heteroatoms. The third-order valence-corrected chi connectivity index (χ3v) is 9.60. The topological polar surface area (TPSA) is 125 Å². The number of aryl methyl sites for hydroxylation is 1. The molecule has 0 radical (unpaired) electrons. The van der Waals surface area contributed by atoms with Crippen molar-refractivity contribution in [2.75, 3.05) is 6.54 Å². The Bertz CT molecular complexity index is 1890. The fourth-order valence-corrected chi connectivity index (χ4v) is 7.57. The van der Waals surface area contributed by atoms with E-state index < -0.39 is 58.9 Å². The number of nitrogens with zero attached hydrogens (tertiary/aromatic N) is 2. The van der Waals surface area contributed by atoms with Gasteiger partial charge in [0.25, 0.3) is 5.56 Å². The van der Waals surface area contributed by atoms with Crippen LogP contribution in [-0.4, -0.2) is 56.4 Å². The molecule has 2 aromatic heterocycles. The summed E-state index contributed by atoms with van der Waals surface area (Å²) in [7, 11) is 0. The Morgan fingerprint density at radius 2 is 1.79 bits per heavy atom. The molecule has 4 aromatic rings. The molecule has 6 rings (SSSR count). The molecule has 9 nitrogen and oxygen atoms in total. The zero-order valence-electron chi connectivity index (χ0n) is 27.2. The Kier molecular flexibility index (Phi) is 9.22. The van der Waals surface area contributed by atoms with Crippen LogP contribution in [0.25, 0.3) is 10.9 Å². The number of aromatic amines is 1. The summed E-state index contributed by atoms with van der Waals surface area (Å²) in [5.41, 5.74) is 1.31. The molecule has 1 saturated heterocycles. The smallest absolute Gasteiger partial charge is 0.407 e. The Balaban J connectivity index is 1.59. The van der Waals surface area contributed by atoms with Gasteiger partial charge in [-0.1, -0.05) is 42.8 Å². The highest BCUT2D eigenvalue weighted by Crippen LogP contribution is 2.45. The van der Waals surface area contributed by atoms with Gasteiger partial charge in [0.15, 0.2) is 11.6 Å². The number of carbonyl (C=O) groups excluding carboxylic acids is 1. The minimum atomic E-state index is -1.24. The molecule has 0 saturated carbocycles. The van der Waals surface area contributed by atoms with Gasteiger partial charge in [-0.15, -0.1) is 0 Å². The molecular weight excluding hydrogens is 618 g/mol. The monoisotopic (exact) mass is 658 g/mol. The first-order valence-electron chi connectivity index (χ1n) is 16.4. The van der Waals surface area contributed by atoms with Crippen LogP contribution in [0.15, 0.2) is 71.7 Å². The minimum Gasteiger partial charge on any atom is -0.465 e. The van der Waals surface area contributed by atoms with Gasteiger partial charge in [0.05, 0.1) is 0 Å². The second kappa shape index (κ2) is 13.4. The molecule has 2 aromatic carbocycles. The Labute approximate surface area is 277 Å². The molecule has 3 heterocycles. The lowest BCUT2D eigenvalue weighted by molar-refractivity contribution is 0.0487. The second-order valence-electron chi connectivity index (χ2n) is 13.8. The molecule has 0 bridgehead atoms. The lowest BCUT2D eigenvalue weighted by Gasteiger charge is -2.35. The fourth-order valence-electron chi connectivity index (χ4n) is 7.57. The van der Waals surface area contributed by atoms with Crippen molar-refractivity contribution in [2.24, 2.45) is 0 Å². The van der Waals surface area contributed by atoms with Crippen molar-refractivity contribution in [3.8, 4) is 0 Å². The van der Waals surface area contributed by atoms with Gasteiger partial charge in [-0.25, -0.2) is 18.4 Å². The fraction of sp³-hybridized carbons (Fsp3) is 0.405. The quantitative estimate of drug-likeness (QED) is 0.199. The number of aromatic nitrogens is 2. The van der Waals surface area contributed by atoms with Crippen LogP contribution in [0.1, 0.15) is 86.6 Å². The number of likely N-dealkylation sites (tertiary alicyclic amines) is 1. The third-order valence-electron chi connectivity index (χ3n) is 9.60. The van der Waals surface area contributed by atoms with Crippen molar-refractivity contribution in [3.05, 3.63) is 111 Å². The molecule has 1 aliphatic heterocycles. The molecule has 3 N–H and O–H groups in total. The largest absolute Gasteiger partial charge is 0.465 e. The van der Waals surface area contributed by atoms with Gasteiger partial charge in [-0.3, -0.25) is 9.78 Å². The molecule has 1 aliphatic carbocycles. The summed E-state index contributed by atoms with van der Waals surface area (Å²) < 4.78 is 36.3. The van der Waals surface area contributed by atoms with E-state index in [9.17, 15) is 23.9 Å². The van der Waals surface area contributed by atoms with E-state index in [1.165, 1.54) is 17.0 Å². The molecule has 0 spiro atoms. The van der Waals surface area contributed by atoms with Crippen molar-refractivity contribution in [1.29, 1.82) is 0 Å². The maximum Gasteiger partial charge on any atom is 0.407 e. The lowest BCUT2D eigenvalue weighted by Crippen LogP contribution is -2.48. The number of pyridine rings is 2. The lowest BCUT2D eigenvalue weighted by atomic mass is 9.76. The summed E-state index contributed by atoms with van der Waals surface area (Å²) in [5, 5.41) is 14.4. The number of carbonyl (C=O) groups is 2. The molecule has 1 fully saturated rings. The van der Waals surface area contributed by atoms with Crippen molar-refractivity contribution in [2.45, 2.75) is 88.3 Å². The van der Waals surface area contributed by atoms with E-state index in [-0.39, 0.29) is 24.4 Å². The molecule has 252 valence electrons. The van der Waals surface area contributed by atoms with E-state index in [2.05, 4.69) is 10.3 Å². The van der Waals surface area contributed by atoms with Crippen LogP contribution in [-0.2, 0) is 11.2 Å². The van der Waals surface area contributed by atoms with Gasteiger partial charge in [0.1, 0.15) is 5.60 Å². The number of alkyl carbamates (subject to hydrolysis) is 1. The van der Waals surface area contributed by atoms with Crippen LogP contribution >= 0.6 is 0 Å². The first kappa shape index (κ1) is 33.1. The average Bonchev–Trinajstić information content (AvgIpc) is 3.34. The molecule has 2 aliphatic rings. The summed E-state index contributed by atoms with van der Waals surface area (Å²) in [6, 6.07) is 14.8. The van der Waals surface area contributed by atoms with E-state index >= 15 is 4.39 Å². The van der Waals surface area contributed by atoms with E-state index in [1.807, 2.05) is 24.3 Å². The van der Waals surface area contributed by atoms with Crippen LogP contribution in [0, 0.1) is 11.6 Å². The SMILES string of the molecule is CC(C)(C)OC(=O)NC1C(c2cccc(F)c2F)CN(C(=O)O)C(C2CCCCc3cccnc32)CC1c1cc2ccccc2[nH]c1=O. The maximum atomic E-state index is 15.8. The third kappa shape index (κ3) is 6.77. The average molecular weight is 659 g/mol. The highest BCUT2D eigenvalue weighted by molar-refractivity contribution is 5.79. The summed E-state index contributed by atoms with van der Waals surface area (Å²) >= 11 is 0. The number of ether oxygens (including phenoxy) is 1. The van der Waals surface area contributed by atoms with E-state index in [0.717, 1.165) is 42.0 Å². The zero-order chi connectivity index (χ0) is 34.2. The van der Waals surface area contributed by atoms with Crippen LogP contribution in [0.5, 0.6) is 0 Å². The number of benzene rings is 2. The number of amides is 2. The summed E-state index contributed by atoms with van der Waals surface area (Å²) in [5.74, 6) is -4.54. The Hall–Kier alpha value is -4.80. The predicted octanol–water partition coefficient (Wildman–Crippen LogP) is 7.22. The van der Waals surface area contributed by atoms with Gasteiger partial charge in [0.2, 0.25) is 0 Å². The van der Waals surface area contributed by atoms with Crippen LogP contribution < -0.4 is 10.9 Å². The number of hydrogen-bond donors (Lipinski definition) is 3. The number of halogens is 2. The summed E-state index contributed by atoms with van der Waals surface area (Å²) in [6.07, 6.45) is 2.90. The number of carboxylic acid groups (broad SMARTS) is 1. The number of hydrogen-bond acceptors (Lipinski definition) is 5. The highest BCUT2D eigenvalue weighted by Gasteiger charge is 2.47. The first-order valence-corrected chi connectivity index (χ1v) is 16.4. The zero-order valence-corrected chi connectivity index (χ0v) is 27.2. The van der Waals surface area contributed by atoms with Crippen LogP contribution in [0.3, 0.4) is 0 Å². The second-order valence-corrected chi connectivity index (χ2v) is 13.8. The minimum absolute atomic E-state index is 0.0995. The van der Waals surface area contributed by atoms with E-state index in [1.54, 1.807) is 45.2 Å². The van der Waals surface area contributed by atoms with Crippen molar-refractivity contribution in [3.63, 3.8) is 0 Å². The van der Waals surface area contributed by atoms with Crippen molar-refractivity contribution < 1.29 is 28.2 Å². The molecule has 48 heavy (non-hydrogen) atoms. The van der Waals surface area contributed by atoms with E-state index in [4.69, 9.17) is 9.72 Å². The molecule has 5 unspecified atom stereocenters. The normalized spacial score (nSPS) is 23.1. The summed E-state index contributed by atoms with van der Waals surface area (Å²) in [4.78, 5) is 49.7. The number of H-pyrrole nitrogens is 1. The van der Waals surface area contributed by atoms with Gasteiger partial charge in [-0.05, 0) is 87.2 Å². The van der Waals surface area contributed by atoms with Crippen LogP contribution in [0.4, 0.5) is 18.4 Å². The summed E-state index contributed by atoms with van der Waals surface area (Å²) in [6.45, 7) is 4.83. The van der Waals surface area contributed by atoms with Gasteiger partial charge < -0.3 is 25.0 Å². The van der Waals surface area contributed by atoms with Crippen molar-refractivity contribution >= 4 is 23.1 Å². The molecular formula is C37H40F2N4O5. The molecule has 2 amide bonds. The number of nitrogens with one attached hydrogen (secondary N) is 2. The van der Waals surface area contributed by atoms with E-state index in [0.29, 0.717) is 17.5 Å². The number of fused-ring (bicyclic) bond motifs is 2. The Morgan fingerprint density at radius 3 is 2.56 bits per heavy atom. The number of para-hydroxylation sites is 1. The predicted molar refractivity (Wildman–Crippen MR) is 177 cm³/mol. The Morgan fingerprint density at radius 1 is 1.00 bits per heavy atom. The number of rotatable bonds is 4. The maximum absolute atomic E-state index is 15.8. The van der Waals surface area contributed by atoms with Gasteiger partial charge in [-0.2, -0.15) is 0 Å². The molecule has 5 atom stereocenters. The van der Waals surface area contributed by atoms with Gasteiger partial charge >= 0.3 is 12.2 Å².